The van der Waals surface area contributed by atoms with Crippen LogP contribution in [-0.2, 0) is 14.4 Å². The van der Waals surface area contributed by atoms with E-state index in [1.807, 2.05) is 0 Å². The third-order valence-electron chi connectivity index (χ3n) is 4.80. The number of carbonyl (C=O) groups is 3. The Kier molecular flexibility index (Phi) is 4.23. The van der Waals surface area contributed by atoms with Crippen LogP contribution in [0, 0.1) is 19.7 Å². The molecule has 9 heteroatoms. The molecule has 3 heterocycles. The maximum atomic E-state index is 13.6. The molecule has 1 saturated heterocycles. The van der Waals surface area contributed by atoms with E-state index in [1.54, 1.807) is 19.9 Å². The Bertz CT molecular complexity index is 1060. The molecule has 0 bridgehead atoms. The molecule has 2 aliphatic heterocycles. The van der Waals surface area contributed by atoms with Gasteiger partial charge in [0.1, 0.15) is 18.5 Å². The zero-order valence-corrected chi connectivity index (χ0v) is 15.1. The topological polar surface area (TPSA) is 112 Å². The number of nitrogens with one attached hydrogen (secondary N) is 4. The summed E-state index contributed by atoms with van der Waals surface area (Å²) in [4.78, 5) is 44.4. The highest BCUT2D eigenvalue weighted by Gasteiger charge is 2.30. The molecule has 4 N–H and O–H groups in total. The molecule has 1 unspecified atom stereocenters. The van der Waals surface area contributed by atoms with Gasteiger partial charge in [0.05, 0.1) is 11.1 Å². The second kappa shape index (κ2) is 6.61. The van der Waals surface area contributed by atoms with Crippen LogP contribution in [0.5, 0.6) is 0 Å². The SMILES string of the molecule is Cc1[nH]c(/C=C2\C(=O)Nc3ccc(F)cc32)c(C)c1C(=O)NC1CONC1=O. The molecule has 0 saturated carbocycles. The highest BCUT2D eigenvalue weighted by molar-refractivity contribution is 6.34. The van der Waals surface area contributed by atoms with Crippen LogP contribution < -0.4 is 16.1 Å². The zero-order chi connectivity index (χ0) is 20.0. The van der Waals surface area contributed by atoms with Gasteiger partial charge in [-0.05, 0) is 43.7 Å². The number of fused-ring (bicyclic) bond motifs is 1. The van der Waals surface area contributed by atoms with Gasteiger partial charge in [-0.2, -0.15) is 0 Å². The largest absolute Gasteiger partial charge is 0.358 e. The van der Waals surface area contributed by atoms with Crippen molar-refractivity contribution in [2.45, 2.75) is 19.9 Å². The summed E-state index contributed by atoms with van der Waals surface area (Å²) in [7, 11) is 0. The first-order valence-corrected chi connectivity index (χ1v) is 8.60. The molecule has 1 aromatic heterocycles. The van der Waals surface area contributed by atoms with Crippen LogP contribution in [0.2, 0.25) is 0 Å². The normalized spacial score (nSPS) is 19.5. The van der Waals surface area contributed by atoms with E-state index in [0.717, 1.165) is 0 Å². The van der Waals surface area contributed by atoms with Crippen LogP contribution in [0.25, 0.3) is 11.6 Å². The number of benzene rings is 1. The molecule has 1 atom stereocenters. The van der Waals surface area contributed by atoms with Crippen molar-refractivity contribution in [2.24, 2.45) is 0 Å². The number of rotatable bonds is 3. The Morgan fingerprint density at radius 1 is 1.32 bits per heavy atom. The highest BCUT2D eigenvalue weighted by Crippen LogP contribution is 2.34. The van der Waals surface area contributed by atoms with Crippen molar-refractivity contribution < 1.29 is 23.6 Å². The van der Waals surface area contributed by atoms with Gasteiger partial charge in [-0.15, -0.1) is 0 Å². The summed E-state index contributed by atoms with van der Waals surface area (Å²) >= 11 is 0. The molecular weight excluding hydrogens is 367 g/mol. The summed E-state index contributed by atoms with van der Waals surface area (Å²) < 4.78 is 13.6. The van der Waals surface area contributed by atoms with Gasteiger partial charge in [0.15, 0.2) is 0 Å². The third-order valence-corrected chi connectivity index (χ3v) is 4.80. The smallest absolute Gasteiger partial charge is 0.268 e. The lowest BCUT2D eigenvalue weighted by atomic mass is 10.0. The van der Waals surface area contributed by atoms with Crippen molar-refractivity contribution in [1.29, 1.82) is 0 Å². The van der Waals surface area contributed by atoms with E-state index >= 15 is 0 Å². The first-order chi connectivity index (χ1) is 13.3. The number of carbonyl (C=O) groups excluding carboxylic acids is 3. The fourth-order valence-corrected chi connectivity index (χ4v) is 3.39. The van der Waals surface area contributed by atoms with E-state index < -0.39 is 23.7 Å². The van der Waals surface area contributed by atoms with Crippen LogP contribution in [-0.4, -0.2) is 35.4 Å². The summed E-state index contributed by atoms with van der Waals surface area (Å²) in [5.41, 5.74) is 5.60. The monoisotopic (exact) mass is 384 g/mol. The minimum atomic E-state index is -0.765. The number of hydrogen-bond acceptors (Lipinski definition) is 4. The van der Waals surface area contributed by atoms with Crippen molar-refractivity contribution in [3.63, 3.8) is 0 Å². The second-order valence-electron chi connectivity index (χ2n) is 6.67. The Morgan fingerprint density at radius 2 is 2.11 bits per heavy atom. The standard InChI is InChI=1S/C19H17FN4O4/c1-8-14(6-12-11-5-10(20)3-4-13(11)22-17(12)25)21-9(2)16(8)19(27)23-15-7-28-24-18(15)26/h3-6,15,21H,7H2,1-2H3,(H,22,25)(H,23,27)(H,24,26)/b12-6-. The van der Waals surface area contributed by atoms with Gasteiger partial charge in [0, 0.05) is 22.6 Å². The number of aryl methyl sites for hydroxylation is 1. The van der Waals surface area contributed by atoms with E-state index in [2.05, 4.69) is 21.1 Å². The van der Waals surface area contributed by atoms with E-state index in [1.165, 1.54) is 18.2 Å². The van der Waals surface area contributed by atoms with Crippen molar-refractivity contribution in [3.05, 3.63) is 52.1 Å². The average Bonchev–Trinajstić information content (AvgIpc) is 3.26. The van der Waals surface area contributed by atoms with E-state index in [9.17, 15) is 18.8 Å². The molecule has 4 rings (SSSR count). The predicted molar refractivity (Wildman–Crippen MR) is 98.5 cm³/mol. The molecule has 2 aliphatic rings. The lowest BCUT2D eigenvalue weighted by Gasteiger charge is -2.09. The van der Waals surface area contributed by atoms with Gasteiger partial charge >= 0.3 is 0 Å². The van der Waals surface area contributed by atoms with Gasteiger partial charge < -0.3 is 15.6 Å². The van der Waals surface area contributed by atoms with Crippen LogP contribution in [0.3, 0.4) is 0 Å². The second-order valence-corrected chi connectivity index (χ2v) is 6.67. The number of aromatic nitrogens is 1. The average molecular weight is 384 g/mol. The lowest BCUT2D eigenvalue weighted by Crippen LogP contribution is -2.41. The van der Waals surface area contributed by atoms with Gasteiger partial charge in [-0.25, -0.2) is 9.87 Å². The Morgan fingerprint density at radius 3 is 2.82 bits per heavy atom. The van der Waals surface area contributed by atoms with E-state index in [4.69, 9.17) is 4.84 Å². The molecule has 2 aromatic rings. The first-order valence-electron chi connectivity index (χ1n) is 8.60. The lowest BCUT2D eigenvalue weighted by molar-refractivity contribution is -0.125. The molecular formula is C19H17FN4O4. The maximum absolute atomic E-state index is 13.6. The van der Waals surface area contributed by atoms with Gasteiger partial charge in [0.2, 0.25) is 0 Å². The number of anilines is 1. The highest BCUT2D eigenvalue weighted by atomic mass is 19.1. The number of hydroxylamine groups is 1. The number of aromatic amines is 1. The van der Waals surface area contributed by atoms with Crippen molar-refractivity contribution in [1.82, 2.24) is 15.8 Å². The minimum absolute atomic E-state index is 0.0481. The van der Waals surface area contributed by atoms with Crippen molar-refractivity contribution >= 4 is 35.1 Å². The third kappa shape index (κ3) is 2.95. The summed E-state index contributed by atoms with van der Waals surface area (Å²) in [5, 5.41) is 5.31. The van der Waals surface area contributed by atoms with E-state index in [-0.39, 0.29) is 12.5 Å². The molecule has 0 spiro atoms. The van der Waals surface area contributed by atoms with Gasteiger partial charge in [-0.1, -0.05) is 0 Å². The van der Waals surface area contributed by atoms with Crippen LogP contribution in [0.1, 0.15) is 32.9 Å². The van der Waals surface area contributed by atoms with Gasteiger partial charge in [-0.3, -0.25) is 19.2 Å². The van der Waals surface area contributed by atoms with Gasteiger partial charge in [0.25, 0.3) is 17.7 Å². The molecule has 144 valence electrons. The molecule has 0 aliphatic carbocycles. The maximum Gasteiger partial charge on any atom is 0.268 e. The Hall–Kier alpha value is -3.46. The zero-order valence-electron chi connectivity index (χ0n) is 15.1. The first kappa shape index (κ1) is 17.9. The number of halogens is 1. The molecule has 0 radical (unpaired) electrons. The summed E-state index contributed by atoms with van der Waals surface area (Å²) in [5.74, 6) is -1.64. The minimum Gasteiger partial charge on any atom is -0.358 e. The van der Waals surface area contributed by atoms with Crippen LogP contribution >= 0.6 is 0 Å². The Balaban J connectivity index is 1.68. The van der Waals surface area contributed by atoms with E-state index in [0.29, 0.717) is 39.3 Å². The van der Waals surface area contributed by atoms with Crippen molar-refractivity contribution in [2.75, 3.05) is 11.9 Å². The summed E-state index contributed by atoms with van der Waals surface area (Å²) in [6.07, 6.45) is 1.59. The predicted octanol–water partition coefficient (Wildman–Crippen LogP) is 1.42. The fraction of sp³-hybridized carbons (Fsp3) is 0.211. The Labute approximate surface area is 159 Å². The molecule has 1 aromatic carbocycles. The number of amides is 3. The van der Waals surface area contributed by atoms with Crippen LogP contribution in [0.4, 0.5) is 10.1 Å². The molecule has 8 nitrogen and oxygen atoms in total. The van der Waals surface area contributed by atoms with Crippen LogP contribution in [0.15, 0.2) is 18.2 Å². The summed E-state index contributed by atoms with van der Waals surface area (Å²) in [6, 6.07) is 3.30. The molecule has 3 amide bonds. The quantitative estimate of drug-likeness (QED) is 0.600. The molecule has 28 heavy (non-hydrogen) atoms. The fourth-order valence-electron chi connectivity index (χ4n) is 3.39. The molecule has 1 fully saturated rings. The van der Waals surface area contributed by atoms with Crippen molar-refractivity contribution in [3.8, 4) is 0 Å². The number of H-pyrrole nitrogens is 1. The number of hydrogen-bond donors (Lipinski definition) is 4. The summed E-state index contributed by atoms with van der Waals surface area (Å²) in [6.45, 7) is 3.50.